The quantitative estimate of drug-likeness (QED) is 0.450. The summed E-state index contributed by atoms with van der Waals surface area (Å²) < 4.78 is 5.22. The highest BCUT2D eigenvalue weighted by Crippen LogP contribution is 2.16. The van der Waals surface area contributed by atoms with E-state index < -0.39 is 0 Å². The maximum Gasteiger partial charge on any atom is 0.116 e. The van der Waals surface area contributed by atoms with E-state index in [1.54, 1.807) is 6.92 Å². The van der Waals surface area contributed by atoms with Gasteiger partial charge in [-0.3, -0.25) is 5.26 Å². The van der Waals surface area contributed by atoms with Crippen molar-refractivity contribution in [3.8, 4) is 0 Å². The first-order valence-electron chi connectivity index (χ1n) is 3.26. The standard InChI is InChI=1S/C6H12O3/c1-5(9-7)6-3-2-4-8-6/h5-7H,2-4H2,1H3. The van der Waals surface area contributed by atoms with E-state index in [-0.39, 0.29) is 12.2 Å². The fourth-order valence-corrected chi connectivity index (χ4v) is 1.04. The molecule has 2 atom stereocenters. The fraction of sp³-hybridized carbons (Fsp3) is 1.00. The van der Waals surface area contributed by atoms with Crippen LogP contribution in [0, 0.1) is 0 Å². The first-order chi connectivity index (χ1) is 4.34. The number of ether oxygens (including phenoxy) is 1. The lowest BCUT2D eigenvalue weighted by Crippen LogP contribution is -2.23. The minimum absolute atomic E-state index is 0.106. The molecule has 1 aliphatic rings. The van der Waals surface area contributed by atoms with Crippen molar-refractivity contribution >= 4 is 0 Å². The molecule has 0 aromatic rings. The van der Waals surface area contributed by atoms with Crippen LogP contribution in [0.2, 0.25) is 0 Å². The van der Waals surface area contributed by atoms with Gasteiger partial charge in [-0.1, -0.05) is 0 Å². The predicted molar refractivity (Wildman–Crippen MR) is 32.1 cm³/mol. The average Bonchev–Trinajstić information content (AvgIpc) is 2.37. The molecule has 0 aromatic carbocycles. The second-order valence-electron chi connectivity index (χ2n) is 2.36. The van der Waals surface area contributed by atoms with E-state index in [2.05, 4.69) is 4.89 Å². The molecule has 0 radical (unpaired) electrons. The molecule has 1 aliphatic heterocycles. The van der Waals surface area contributed by atoms with Crippen LogP contribution in [-0.2, 0) is 9.62 Å². The highest BCUT2D eigenvalue weighted by atomic mass is 17.1. The van der Waals surface area contributed by atoms with E-state index in [0.717, 1.165) is 19.4 Å². The van der Waals surface area contributed by atoms with Gasteiger partial charge < -0.3 is 4.74 Å². The number of hydrogen-bond donors (Lipinski definition) is 1. The van der Waals surface area contributed by atoms with E-state index >= 15 is 0 Å². The zero-order chi connectivity index (χ0) is 6.69. The lowest BCUT2D eigenvalue weighted by Gasteiger charge is -2.13. The molecular weight excluding hydrogens is 120 g/mol. The highest BCUT2D eigenvalue weighted by Gasteiger charge is 2.22. The van der Waals surface area contributed by atoms with Gasteiger partial charge in [-0.2, -0.15) is 0 Å². The summed E-state index contributed by atoms with van der Waals surface area (Å²) in [6.45, 7) is 2.61. The lowest BCUT2D eigenvalue weighted by atomic mass is 10.2. The Balaban J connectivity index is 2.24. The molecule has 0 bridgehead atoms. The van der Waals surface area contributed by atoms with E-state index in [1.165, 1.54) is 0 Å². The zero-order valence-electron chi connectivity index (χ0n) is 5.54. The molecule has 54 valence electrons. The summed E-state index contributed by atoms with van der Waals surface area (Å²) in [5.74, 6) is 0. The molecule has 1 rings (SSSR count). The summed E-state index contributed by atoms with van der Waals surface area (Å²) in [7, 11) is 0. The van der Waals surface area contributed by atoms with Crippen molar-refractivity contribution in [1.29, 1.82) is 0 Å². The van der Waals surface area contributed by atoms with Crippen molar-refractivity contribution in [2.75, 3.05) is 6.61 Å². The van der Waals surface area contributed by atoms with Gasteiger partial charge in [-0.25, -0.2) is 4.89 Å². The minimum Gasteiger partial charge on any atom is -0.375 e. The molecule has 2 unspecified atom stereocenters. The van der Waals surface area contributed by atoms with Crippen LogP contribution < -0.4 is 0 Å². The monoisotopic (exact) mass is 132 g/mol. The summed E-state index contributed by atoms with van der Waals surface area (Å²) in [6.07, 6.45) is 2.02. The van der Waals surface area contributed by atoms with Gasteiger partial charge in [0.25, 0.3) is 0 Å². The third-order valence-corrected chi connectivity index (χ3v) is 1.65. The van der Waals surface area contributed by atoms with Crippen LogP contribution in [-0.4, -0.2) is 24.1 Å². The summed E-state index contributed by atoms with van der Waals surface area (Å²) in [5, 5.41) is 8.22. The molecule has 9 heavy (non-hydrogen) atoms. The molecular formula is C6H12O3. The van der Waals surface area contributed by atoms with E-state index in [9.17, 15) is 0 Å². The van der Waals surface area contributed by atoms with Gasteiger partial charge in [0.15, 0.2) is 0 Å². The maximum atomic E-state index is 8.22. The fourth-order valence-electron chi connectivity index (χ4n) is 1.04. The van der Waals surface area contributed by atoms with E-state index in [0.29, 0.717) is 0 Å². The second kappa shape index (κ2) is 3.15. The summed E-state index contributed by atoms with van der Waals surface area (Å²) in [5.41, 5.74) is 0. The lowest BCUT2D eigenvalue weighted by molar-refractivity contribution is -0.291. The Hall–Kier alpha value is -0.120. The molecule has 0 aromatic heterocycles. The largest absolute Gasteiger partial charge is 0.375 e. The average molecular weight is 132 g/mol. The summed E-state index contributed by atoms with van der Waals surface area (Å²) in [6, 6.07) is 0. The first kappa shape index (κ1) is 6.99. The number of rotatable bonds is 2. The molecule has 3 heteroatoms. The van der Waals surface area contributed by atoms with Gasteiger partial charge in [-0.15, -0.1) is 0 Å². The number of hydrogen-bond acceptors (Lipinski definition) is 3. The van der Waals surface area contributed by atoms with Crippen LogP contribution in [0.4, 0.5) is 0 Å². The minimum atomic E-state index is -0.174. The first-order valence-corrected chi connectivity index (χ1v) is 3.26. The van der Waals surface area contributed by atoms with Crippen LogP contribution in [0.3, 0.4) is 0 Å². The smallest absolute Gasteiger partial charge is 0.116 e. The third kappa shape index (κ3) is 1.64. The van der Waals surface area contributed by atoms with Crippen molar-refractivity contribution in [3.05, 3.63) is 0 Å². The van der Waals surface area contributed by atoms with Gasteiger partial charge in [0.2, 0.25) is 0 Å². The Kier molecular flexibility index (Phi) is 2.45. The van der Waals surface area contributed by atoms with Crippen LogP contribution in [0.5, 0.6) is 0 Å². The Morgan fingerprint density at radius 2 is 2.56 bits per heavy atom. The topological polar surface area (TPSA) is 38.7 Å². The Morgan fingerprint density at radius 1 is 1.78 bits per heavy atom. The van der Waals surface area contributed by atoms with Gasteiger partial charge in [-0.05, 0) is 19.8 Å². The summed E-state index contributed by atoms with van der Waals surface area (Å²) >= 11 is 0. The van der Waals surface area contributed by atoms with Crippen LogP contribution in [0.25, 0.3) is 0 Å². The predicted octanol–water partition coefficient (Wildman–Crippen LogP) is 1.04. The van der Waals surface area contributed by atoms with Crippen LogP contribution in [0.1, 0.15) is 19.8 Å². The van der Waals surface area contributed by atoms with E-state index in [4.69, 9.17) is 9.99 Å². The van der Waals surface area contributed by atoms with Gasteiger partial charge >= 0.3 is 0 Å². The van der Waals surface area contributed by atoms with Gasteiger partial charge in [0.1, 0.15) is 6.10 Å². The van der Waals surface area contributed by atoms with Crippen molar-refractivity contribution < 1.29 is 14.9 Å². The van der Waals surface area contributed by atoms with Crippen molar-refractivity contribution in [2.24, 2.45) is 0 Å². The van der Waals surface area contributed by atoms with Crippen LogP contribution >= 0.6 is 0 Å². The Labute approximate surface area is 54.5 Å². The zero-order valence-corrected chi connectivity index (χ0v) is 5.54. The van der Waals surface area contributed by atoms with Crippen molar-refractivity contribution in [1.82, 2.24) is 0 Å². The molecule has 1 fully saturated rings. The molecule has 3 nitrogen and oxygen atoms in total. The molecule has 0 amide bonds. The normalized spacial score (nSPS) is 30.7. The molecule has 0 aliphatic carbocycles. The Morgan fingerprint density at radius 3 is 3.00 bits per heavy atom. The van der Waals surface area contributed by atoms with Crippen molar-refractivity contribution in [2.45, 2.75) is 32.0 Å². The van der Waals surface area contributed by atoms with E-state index in [1.807, 2.05) is 0 Å². The third-order valence-electron chi connectivity index (χ3n) is 1.65. The molecule has 1 N–H and O–H groups in total. The Bertz CT molecular complexity index is 78.4. The van der Waals surface area contributed by atoms with Gasteiger partial charge in [0.05, 0.1) is 6.10 Å². The maximum absolute atomic E-state index is 8.22. The molecule has 1 heterocycles. The van der Waals surface area contributed by atoms with Gasteiger partial charge in [0, 0.05) is 6.61 Å². The second-order valence-corrected chi connectivity index (χ2v) is 2.36. The van der Waals surface area contributed by atoms with Crippen LogP contribution in [0.15, 0.2) is 0 Å². The molecule has 0 spiro atoms. The molecule has 1 saturated heterocycles. The van der Waals surface area contributed by atoms with Crippen molar-refractivity contribution in [3.63, 3.8) is 0 Å². The molecule has 0 saturated carbocycles. The SMILES string of the molecule is CC(OO)C1CCCO1. The summed E-state index contributed by atoms with van der Waals surface area (Å²) in [4.78, 5) is 4.11. The highest BCUT2D eigenvalue weighted by molar-refractivity contribution is 4.69.